The quantitative estimate of drug-likeness (QED) is 0.729. The van der Waals surface area contributed by atoms with Crippen LogP contribution in [-0.4, -0.2) is 13.1 Å². The Balaban J connectivity index is 1.86. The first kappa shape index (κ1) is 10.5. The van der Waals surface area contributed by atoms with E-state index in [4.69, 9.17) is 0 Å². The van der Waals surface area contributed by atoms with Crippen molar-refractivity contribution in [3.05, 3.63) is 0 Å². The van der Waals surface area contributed by atoms with Crippen molar-refractivity contribution in [2.45, 2.75) is 58.4 Å². The molecule has 2 aliphatic rings. The van der Waals surface area contributed by atoms with Crippen molar-refractivity contribution < 1.29 is 0 Å². The highest BCUT2D eigenvalue weighted by atomic mass is 14.9. The smallest absolute Gasteiger partial charge is 0.0121 e. The molecule has 0 bridgehead atoms. The van der Waals surface area contributed by atoms with E-state index in [1.54, 1.807) is 0 Å². The first-order chi connectivity index (χ1) is 6.62. The molecule has 0 aromatic heterocycles. The van der Waals surface area contributed by atoms with Crippen LogP contribution in [0, 0.1) is 17.3 Å². The van der Waals surface area contributed by atoms with Gasteiger partial charge in [-0.25, -0.2) is 0 Å². The highest BCUT2D eigenvalue weighted by Crippen LogP contribution is 2.44. The van der Waals surface area contributed by atoms with E-state index in [1.807, 2.05) is 0 Å². The zero-order valence-corrected chi connectivity index (χ0v) is 9.97. The molecule has 1 unspecified atom stereocenters. The van der Waals surface area contributed by atoms with Crippen molar-refractivity contribution in [1.82, 2.24) is 5.32 Å². The molecule has 0 aromatic carbocycles. The third kappa shape index (κ3) is 2.31. The molecule has 1 heteroatoms. The van der Waals surface area contributed by atoms with Gasteiger partial charge in [0.15, 0.2) is 0 Å². The Labute approximate surface area is 88.7 Å². The van der Waals surface area contributed by atoms with Gasteiger partial charge in [-0.2, -0.15) is 0 Å². The van der Waals surface area contributed by atoms with Gasteiger partial charge in [0.25, 0.3) is 0 Å². The molecular formula is C13H25N. The van der Waals surface area contributed by atoms with E-state index < -0.39 is 0 Å². The van der Waals surface area contributed by atoms with Crippen LogP contribution in [0.15, 0.2) is 0 Å². The minimum atomic E-state index is 0.623. The summed E-state index contributed by atoms with van der Waals surface area (Å²) < 4.78 is 0. The lowest BCUT2D eigenvalue weighted by Gasteiger charge is -2.38. The van der Waals surface area contributed by atoms with E-state index in [9.17, 15) is 0 Å². The molecule has 82 valence electrons. The lowest BCUT2D eigenvalue weighted by atomic mass is 9.70. The zero-order valence-electron chi connectivity index (χ0n) is 9.97. The summed E-state index contributed by atoms with van der Waals surface area (Å²) in [6.45, 7) is 4.85. The fourth-order valence-electron chi connectivity index (χ4n) is 3.09. The second-order valence-electron chi connectivity index (χ2n) is 6.15. The SMILES string of the molecule is CNC(C1CC1)C1CCC(C)(C)CC1. The maximum Gasteiger partial charge on any atom is 0.0121 e. The first-order valence-corrected chi connectivity index (χ1v) is 6.30. The Morgan fingerprint density at radius 3 is 1.93 bits per heavy atom. The van der Waals surface area contributed by atoms with Gasteiger partial charge >= 0.3 is 0 Å². The summed E-state index contributed by atoms with van der Waals surface area (Å²) in [4.78, 5) is 0. The molecule has 2 aliphatic carbocycles. The summed E-state index contributed by atoms with van der Waals surface area (Å²) in [6.07, 6.45) is 8.73. The second-order valence-corrected chi connectivity index (χ2v) is 6.15. The Morgan fingerprint density at radius 1 is 1.00 bits per heavy atom. The van der Waals surface area contributed by atoms with E-state index in [0.717, 1.165) is 17.9 Å². The largest absolute Gasteiger partial charge is 0.316 e. The minimum absolute atomic E-state index is 0.623. The molecule has 1 atom stereocenters. The Kier molecular flexibility index (Phi) is 2.88. The van der Waals surface area contributed by atoms with Gasteiger partial charge in [0.2, 0.25) is 0 Å². The molecule has 2 fully saturated rings. The van der Waals surface area contributed by atoms with Gasteiger partial charge in [-0.05, 0) is 62.8 Å². The molecule has 1 nitrogen and oxygen atoms in total. The van der Waals surface area contributed by atoms with Gasteiger partial charge in [0.05, 0.1) is 0 Å². The number of rotatable bonds is 3. The van der Waals surface area contributed by atoms with E-state index in [-0.39, 0.29) is 0 Å². The van der Waals surface area contributed by atoms with E-state index in [2.05, 4.69) is 26.2 Å². The first-order valence-electron chi connectivity index (χ1n) is 6.30. The molecule has 0 aromatic rings. The summed E-state index contributed by atoms with van der Waals surface area (Å²) in [5.74, 6) is 1.99. The molecule has 2 saturated carbocycles. The van der Waals surface area contributed by atoms with Crippen LogP contribution in [0.4, 0.5) is 0 Å². The van der Waals surface area contributed by atoms with Crippen LogP contribution in [0.5, 0.6) is 0 Å². The standard InChI is InChI=1S/C13H25N/c1-13(2)8-6-11(7-9-13)12(14-3)10-4-5-10/h10-12,14H,4-9H2,1-3H3. The molecule has 0 aliphatic heterocycles. The molecule has 14 heavy (non-hydrogen) atoms. The van der Waals surface area contributed by atoms with Gasteiger partial charge in [-0.15, -0.1) is 0 Å². The van der Waals surface area contributed by atoms with E-state index >= 15 is 0 Å². The zero-order chi connectivity index (χ0) is 10.2. The third-order valence-electron chi connectivity index (χ3n) is 4.35. The van der Waals surface area contributed by atoms with Crippen LogP contribution < -0.4 is 5.32 Å². The third-order valence-corrected chi connectivity index (χ3v) is 4.35. The fourth-order valence-corrected chi connectivity index (χ4v) is 3.09. The predicted molar refractivity (Wildman–Crippen MR) is 61.3 cm³/mol. The highest BCUT2D eigenvalue weighted by molar-refractivity contribution is 4.93. The van der Waals surface area contributed by atoms with Crippen molar-refractivity contribution in [3.63, 3.8) is 0 Å². The minimum Gasteiger partial charge on any atom is -0.316 e. The van der Waals surface area contributed by atoms with Crippen LogP contribution in [0.2, 0.25) is 0 Å². The average Bonchev–Trinajstić information content (AvgIpc) is 2.93. The molecule has 0 saturated heterocycles. The summed E-state index contributed by atoms with van der Waals surface area (Å²) in [5, 5.41) is 3.56. The van der Waals surface area contributed by atoms with E-state index in [1.165, 1.54) is 38.5 Å². The lowest BCUT2D eigenvalue weighted by molar-refractivity contribution is 0.156. The molecule has 0 spiro atoms. The van der Waals surface area contributed by atoms with Crippen molar-refractivity contribution in [1.29, 1.82) is 0 Å². The van der Waals surface area contributed by atoms with Crippen molar-refractivity contribution in [2.75, 3.05) is 7.05 Å². The molecular weight excluding hydrogens is 170 g/mol. The molecule has 1 N–H and O–H groups in total. The van der Waals surface area contributed by atoms with Gasteiger partial charge in [-0.1, -0.05) is 13.8 Å². The Hall–Kier alpha value is -0.0400. The van der Waals surface area contributed by atoms with Crippen LogP contribution >= 0.6 is 0 Å². The molecule has 0 heterocycles. The molecule has 0 radical (unpaired) electrons. The van der Waals surface area contributed by atoms with Crippen LogP contribution in [0.25, 0.3) is 0 Å². The summed E-state index contributed by atoms with van der Waals surface area (Å²) in [5.41, 5.74) is 0.623. The normalized spacial score (nSPS) is 30.2. The molecule has 2 rings (SSSR count). The highest BCUT2D eigenvalue weighted by Gasteiger charge is 2.38. The van der Waals surface area contributed by atoms with Crippen LogP contribution in [-0.2, 0) is 0 Å². The number of hydrogen-bond donors (Lipinski definition) is 1. The summed E-state index contributed by atoms with van der Waals surface area (Å²) in [6, 6.07) is 0.839. The number of hydrogen-bond acceptors (Lipinski definition) is 1. The van der Waals surface area contributed by atoms with Crippen molar-refractivity contribution >= 4 is 0 Å². The van der Waals surface area contributed by atoms with Crippen molar-refractivity contribution in [2.24, 2.45) is 17.3 Å². The van der Waals surface area contributed by atoms with Gasteiger partial charge < -0.3 is 5.32 Å². The summed E-state index contributed by atoms with van der Waals surface area (Å²) in [7, 11) is 2.16. The van der Waals surface area contributed by atoms with Gasteiger partial charge in [0, 0.05) is 6.04 Å². The average molecular weight is 195 g/mol. The van der Waals surface area contributed by atoms with E-state index in [0.29, 0.717) is 5.41 Å². The van der Waals surface area contributed by atoms with Crippen LogP contribution in [0.1, 0.15) is 52.4 Å². The predicted octanol–water partition coefficient (Wildman–Crippen LogP) is 3.20. The van der Waals surface area contributed by atoms with Crippen LogP contribution in [0.3, 0.4) is 0 Å². The summed E-state index contributed by atoms with van der Waals surface area (Å²) >= 11 is 0. The van der Waals surface area contributed by atoms with Crippen molar-refractivity contribution in [3.8, 4) is 0 Å². The maximum atomic E-state index is 3.56. The Bertz CT molecular complexity index is 183. The number of nitrogens with one attached hydrogen (secondary N) is 1. The monoisotopic (exact) mass is 195 g/mol. The lowest BCUT2D eigenvalue weighted by Crippen LogP contribution is -2.38. The Morgan fingerprint density at radius 2 is 1.50 bits per heavy atom. The molecule has 0 amide bonds. The van der Waals surface area contributed by atoms with Gasteiger partial charge in [0.1, 0.15) is 0 Å². The fraction of sp³-hybridized carbons (Fsp3) is 1.00. The second kappa shape index (κ2) is 3.84. The van der Waals surface area contributed by atoms with Gasteiger partial charge in [-0.3, -0.25) is 0 Å². The topological polar surface area (TPSA) is 12.0 Å². The maximum absolute atomic E-state index is 3.56.